The average molecular weight is 395 g/mol. The van der Waals surface area contributed by atoms with Crippen LogP contribution < -0.4 is 0 Å². The first-order valence-corrected chi connectivity index (χ1v) is 7.90. The van der Waals surface area contributed by atoms with E-state index in [0.29, 0.717) is 14.9 Å². The Balaban J connectivity index is 2.77. The molecule has 0 fully saturated rings. The van der Waals surface area contributed by atoms with Crippen LogP contribution in [-0.4, -0.2) is 36.8 Å². The predicted molar refractivity (Wildman–Crippen MR) is 85.5 cm³/mol. The molecule has 0 unspecified atom stereocenters. The molecular weight excluding hydrogens is 374 g/mol. The van der Waals surface area contributed by atoms with Crippen LogP contribution in [0.5, 0.6) is 5.75 Å². The number of hydrogen-bond donors (Lipinski definition) is 1. The molecule has 0 aliphatic heterocycles. The molecule has 1 rings (SSSR count). The van der Waals surface area contributed by atoms with E-state index in [1.165, 1.54) is 0 Å². The topological polar surface area (TPSA) is 32.7 Å². The molecule has 0 saturated heterocycles. The highest BCUT2D eigenvalue weighted by atomic mass is 79.9. The van der Waals surface area contributed by atoms with Gasteiger partial charge < -0.3 is 9.84 Å². The van der Waals surface area contributed by atoms with Crippen molar-refractivity contribution >= 4 is 31.9 Å². The van der Waals surface area contributed by atoms with E-state index in [4.69, 9.17) is 4.74 Å². The normalized spacial score (nSPS) is 11.5. The standard InChI is InChI=1S/C14H21Br2NO2/c1-10(2)8-17(4-5-19-3)9-11-6-12(15)14(18)13(16)7-11/h6-7,10,18H,4-5,8-9H2,1-3H3. The molecule has 0 aliphatic carbocycles. The summed E-state index contributed by atoms with van der Waals surface area (Å²) in [7, 11) is 1.72. The largest absolute Gasteiger partial charge is 0.506 e. The Kier molecular flexibility index (Phi) is 7.36. The van der Waals surface area contributed by atoms with Crippen LogP contribution in [0.2, 0.25) is 0 Å². The fourth-order valence-electron chi connectivity index (χ4n) is 1.94. The fourth-order valence-corrected chi connectivity index (χ4v) is 3.22. The van der Waals surface area contributed by atoms with Gasteiger partial charge in [0.1, 0.15) is 5.75 Å². The lowest BCUT2D eigenvalue weighted by Gasteiger charge is -2.24. The summed E-state index contributed by atoms with van der Waals surface area (Å²) >= 11 is 6.73. The van der Waals surface area contributed by atoms with E-state index in [9.17, 15) is 5.11 Å². The van der Waals surface area contributed by atoms with E-state index in [0.717, 1.165) is 31.8 Å². The molecule has 1 aromatic rings. The molecule has 0 amide bonds. The van der Waals surface area contributed by atoms with E-state index in [2.05, 4.69) is 50.6 Å². The van der Waals surface area contributed by atoms with Crippen LogP contribution in [0.15, 0.2) is 21.1 Å². The molecule has 5 heteroatoms. The van der Waals surface area contributed by atoms with Gasteiger partial charge in [-0.15, -0.1) is 0 Å². The molecule has 1 aromatic carbocycles. The summed E-state index contributed by atoms with van der Waals surface area (Å²) in [6.45, 7) is 7.93. The number of nitrogens with zero attached hydrogens (tertiary/aromatic N) is 1. The van der Waals surface area contributed by atoms with E-state index in [-0.39, 0.29) is 5.75 Å². The smallest absolute Gasteiger partial charge is 0.143 e. The van der Waals surface area contributed by atoms with Gasteiger partial charge in [-0.05, 0) is 55.5 Å². The predicted octanol–water partition coefficient (Wildman–Crippen LogP) is 4.02. The maximum atomic E-state index is 9.72. The first-order chi connectivity index (χ1) is 8.93. The highest BCUT2D eigenvalue weighted by Gasteiger charge is 2.11. The van der Waals surface area contributed by atoms with Crippen LogP contribution in [0.1, 0.15) is 19.4 Å². The van der Waals surface area contributed by atoms with Crippen molar-refractivity contribution in [2.75, 3.05) is 26.8 Å². The van der Waals surface area contributed by atoms with Gasteiger partial charge in [0.05, 0.1) is 15.6 Å². The number of phenolic OH excluding ortho intramolecular Hbond substituents is 1. The minimum absolute atomic E-state index is 0.246. The van der Waals surface area contributed by atoms with Crippen molar-refractivity contribution < 1.29 is 9.84 Å². The molecule has 19 heavy (non-hydrogen) atoms. The van der Waals surface area contributed by atoms with Crippen LogP contribution in [0.4, 0.5) is 0 Å². The second-order valence-electron chi connectivity index (χ2n) is 5.03. The molecule has 1 N–H and O–H groups in total. The molecule has 0 heterocycles. The summed E-state index contributed by atoms with van der Waals surface area (Å²) in [5.74, 6) is 0.858. The van der Waals surface area contributed by atoms with E-state index in [1.54, 1.807) is 7.11 Å². The molecule has 0 aliphatic rings. The molecule has 108 valence electrons. The first kappa shape index (κ1) is 17.0. The first-order valence-electron chi connectivity index (χ1n) is 6.32. The number of ether oxygens (including phenoxy) is 1. The third-order valence-electron chi connectivity index (χ3n) is 2.72. The highest BCUT2D eigenvalue weighted by Crippen LogP contribution is 2.33. The minimum atomic E-state index is 0.246. The van der Waals surface area contributed by atoms with Crippen LogP contribution in [-0.2, 0) is 11.3 Å². The van der Waals surface area contributed by atoms with Crippen molar-refractivity contribution in [1.82, 2.24) is 4.90 Å². The van der Waals surface area contributed by atoms with Gasteiger partial charge in [-0.3, -0.25) is 4.90 Å². The van der Waals surface area contributed by atoms with Crippen molar-refractivity contribution in [3.63, 3.8) is 0 Å². The molecule has 0 atom stereocenters. The van der Waals surface area contributed by atoms with Gasteiger partial charge in [0.15, 0.2) is 0 Å². The van der Waals surface area contributed by atoms with Gasteiger partial charge in [-0.25, -0.2) is 0 Å². The molecule has 3 nitrogen and oxygen atoms in total. The Bertz CT molecular complexity index is 387. The summed E-state index contributed by atoms with van der Waals surface area (Å²) in [6.07, 6.45) is 0. The Morgan fingerprint density at radius 3 is 2.32 bits per heavy atom. The highest BCUT2D eigenvalue weighted by molar-refractivity contribution is 9.11. The fraction of sp³-hybridized carbons (Fsp3) is 0.571. The lowest BCUT2D eigenvalue weighted by molar-refractivity contribution is 0.136. The molecular formula is C14H21Br2NO2. The Morgan fingerprint density at radius 1 is 1.26 bits per heavy atom. The van der Waals surface area contributed by atoms with Crippen LogP contribution >= 0.6 is 31.9 Å². The zero-order chi connectivity index (χ0) is 14.4. The van der Waals surface area contributed by atoms with Crippen molar-refractivity contribution in [2.45, 2.75) is 20.4 Å². The van der Waals surface area contributed by atoms with Gasteiger partial charge in [-0.2, -0.15) is 0 Å². The maximum absolute atomic E-state index is 9.72. The third-order valence-corrected chi connectivity index (χ3v) is 3.93. The summed E-state index contributed by atoms with van der Waals surface area (Å²) in [4.78, 5) is 2.36. The Morgan fingerprint density at radius 2 is 1.84 bits per heavy atom. The van der Waals surface area contributed by atoms with Crippen LogP contribution in [0.3, 0.4) is 0 Å². The van der Waals surface area contributed by atoms with E-state index in [1.807, 2.05) is 12.1 Å². The third kappa shape index (κ3) is 5.81. The SMILES string of the molecule is COCCN(Cc1cc(Br)c(O)c(Br)c1)CC(C)C. The summed E-state index contributed by atoms with van der Waals surface area (Å²) in [6, 6.07) is 3.92. The van der Waals surface area contributed by atoms with Gasteiger partial charge >= 0.3 is 0 Å². The summed E-state index contributed by atoms with van der Waals surface area (Å²) < 4.78 is 6.59. The molecule has 0 radical (unpaired) electrons. The van der Waals surface area contributed by atoms with E-state index >= 15 is 0 Å². The van der Waals surface area contributed by atoms with Gasteiger partial charge in [0, 0.05) is 26.7 Å². The Labute approximate surface area is 132 Å². The van der Waals surface area contributed by atoms with Gasteiger partial charge in [0.25, 0.3) is 0 Å². The van der Waals surface area contributed by atoms with Gasteiger partial charge in [-0.1, -0.05) is 13.8 Å². The number of benzene rings is 1. The summed E-state index contributed by atoms with van der Waals surface area (Å²) in [5, 5.41) is 9.72. The average Bonchev–Trinajstić information content (AvgIpc) is 2.32. The molecule has 0 bridgehead atoms. The van der Waals surface area contributed by atoms with Crippen LogP contribution in [0.25, 0.3) is 0 Å². The molecule has 0 saturated carbocycles. The monoisotopic (exact) mass is 393 g/mol. The van der Waals surface area contributed by atoms with Crippen molar-refractivity contribution in [2.24, 2.45) is 5.92 Å². The number of phenols is 1. The lowest BCUT2D eigenvalue weighted by atomic mass is 10.1. The zero-order valence-corrected chi connectivity index (χ0v) is 14.8. The number of halogens is 2. The van der Waals surface area contributed by atoms with E-state index < -0.39 is 0 Å². The number of methoxy groups -OCH3 is 1. The minimum Gasteiger partial charge on any atom is -0.506 e. The number of hydrogen-bond acceptors (Lipinski definition) is 3. The number of rotatable bonds is 7. The summed E-state index contributed by atoms with van der Waals surface area (Å²) in [5.41, 5.74) is 1.16. The second kappa shape index (κ2) is 8.25. The Hall–Kier alpha value is -0.100. The second-order valence-corrected chi connectivity index (χ2v) is 6.74. The molecule has 0 aromatic heterocycles. The maximum Gasteiger partial charge on any atom is 0.143 e. The van der Waals surface area contributed by atoms with Crippen molar-refractivity contribution in [3.8, 4) is 5.75 Å². The lowest BCUT2D eigenvalue weighted by Crippen LogP contribution is -2.30. The number of aromatic hydroxyl groups is 1. The van der Waals surface area contributed by atoms with Crippen molar-refractivity contribution in [3.05, 3.63) is 26.6 Å². The van der Waals surface area contributed by atoms with Gasteiger partial charge in [0.2, 0.25) is 0 Å². The van der Waals surface area contributed by atoms with Crippen molar-refractivity contribution in [1.29, 1.82) is 0 Å². The van der Waals surface area contributed by atoms with Crippen LogP contribution in [0, 0.1) is 5.92 Å². The molecule has 0 spiro atoms. The zero-order valence-electron chi connectivity index (χ0n) is 11.6. The quantitative estimate of drug-likeness (QED) is 0.757.